The number of rotatable bonds is 68. The molecule has 0 aliphatic carbocycles. The third-order valence-electron chi connectivity index (χ3n) is 16.1. The second-order valence-electron chi connectivity index (χ2n) is 24.8. The van der Waals surface area contributed by atoms with E-state index in [1.54, 1.807) is 0 Å². The topological polar surface area (TPSA) is 237 Å². The summed E-state index contributed by atoms with van der Waals surface area (Å²) in [5.41, 5.74) is 0. The summed E-state index contributed by atoms with van der Waals surface area (Å²) < 4.78 is 68.1. The fourth-order valence-corrected chi connectivity index (χ4v) is 11.8. The number of phosphoric ester groups is 2. The van der Waals surface area contributed by atoms with Gasteiger partial charge in [0.05, 0.1) is 26.4 Å². The Bertz CT molecular complexity index is 1690. The van der Waals surface area contributed by atoms with Crippen LogP contribution in [0.5, 0.6) is 0 Å². The molecule has 3 unspecified atom stereocenters. The zero-order chi connectivity index (χ0) is 64.2. The van der Waals surface area contributed by atoms with Crippen LogP contribution in [0.2, 0.25) is 0 Å². The Kier molecular flexibility index (Phi) is 60.2. The van der Waals surface area contributed by atoms with E-state index in [2.05, 4.69) is 34.6 Å². The second-order valence-corrected chi connectivity index (χ2v) is 27.7. The highest BCUT2D eigenvalue weighted by Gasteiger charge is 2.30. The predicted molar refractivity (Wildman–Crippen MR) is 349 cm³/mol. The van der Waals surface area contributed by atoms with E-state index in [4.69, 9.17) is 37.0 Å². The fraction of sp³-hybridized carbons (Fsp3) is 0.941. The Morgan fingerprint density at radius 3 is 0.816 bits per heavy atom. The number of aliphatic hydroxyl groups excluding tert-OH is 1. The molecule has 0 aromatic carbocycles. The van der Waals surface area contributed by atoms with Crippen molar-refractivity contribution in [1.82, 2.24) is 0 Å². The van der Waals surface area contributed by atoms with Crippen molar-refractivity contribution in [3.8, 4) is 0 Å². The van der Waals surface area contributed by atoms with Crippen molar-refractivity contribution in [2.45, 2.75) is 368 Å². The SMILES string of the molecule is CCCCCCCCCCCCCCCCCCCC(=O)O[C@H](COC(=O)CCCCCCCCCCCCC(C)CC)COP(=O)(O)OC[C@@H](O)COP(=O)(O)OC[C@@H](COC(=O)CCCCCCCCC)OC(=O)CCCCCCCCCCC. The molecule has 0 fully saturated rings. The highest BCUT2D eigenvalue weighted by atomic mass is 31.2. The first-order chi connectivity index (χ1) is 42.1. The van der Waals surface area contributed by atoms with Crippen LogP contribution in [-0.4, -0.2) is 96.7 Å². The molecule has 3 N–H and O–H groups in total. The predicted octanol–water partition coefficient (Wildman–Crippen LogP) is 19.4. The minimum Gasteiger partial charge on any atom is -0.462 e. The molecule has 0 saturated carbocycles. The lowest BCUT2D eigenvalue weighted by molar-refractivity contribution is -0.161. The number of phosphoric acid groups is 2. The summed E-state index contributed by atoms with van der Waals surface area (Å²) in [5, 5.41) is 10.5. The normalized spacial score (nSPS) is 14.4. The maximum atomic E-state index is 13.0. The summed E-state index contributed by atoms with van der Waals surface area (Å²) in [6, 6.07) is 0. The van der Waals surface area contributed by atoms with Gasteiger partial charge in [0.15, 0.2) is 12.2 Å². The van der Waals surface area contributed by atoms with Crippen LogP contribution in [0.1, 0.15) is 349 Å². The number of esters is 4. The van der Waals surface area contributed by atoms with Gasteiger partial charge in [0.2, 0.25) is 0 Å². The Hall–Kier alpha value is -1.94. The fourth-order valence-electron chi connectivity index (χ4n) is 10.3. The van der Waals surface area contributed by atoms with Crippen molar-refractivity contribution in [3.63, 3.8) is 0 Å². The lowest BCUT2D eigenvalue weighted by atomic mass is 9.99. The molecule has 0 aliphatic heterocycles. The number of hydrogen-bond acceptors (Lipinski definition) is 15. The molecule has 0 rings (SSSR count). The van der Waals surface area contributed by atoms with Gasteiger partial charge in [0.1, 0.15) is 19.3 Å². The second kappa shape index (κ2) is 61.6. The van der Waals surface area contributed by atoms with Crippen molar-refractivity contribution in [2.75, 3.05) is 39.6 Å². The van der Waals surface area contributed by atoms with Gasteiger partial charge in [-0.05, 0) is 31.6 Å². The highest BCUT2D eigenvalue weighted by Crippen LogP contribution is 2.45. The van der Waals surface area contributed by atoms with Crippen LogP contribution in [0.15, 0.2) is 0 Å². The molecule has 17 nitrogen and oxygen atoms in total. The highest BCUT2D eigenvalue weighted by molar-refractivity contribution is 7.47. The molecule has 19 heteroatoms. The van der Waals surface area contributed by atoms with E-state index in [9.17, 15) is 43.2 Å². The maximum Gasteiger partial charge on any atom is 0.472 e. The Morgan fingerprint density at radius 2 is 0.552 bits per heavy atom. The van der Waals surface area contributed by atoms with E-state index in [0.29, 0.717) is 25.7 Å². The largest absolute Gasteiger partial charge is 0.472 e. The summed E-state index contributed by atoms with van der Waals surface area (Å²) >= 11 is 0. The van der Waals surface area contributed by atoms with E-state index in [-0.39, 0.29) is 25.7 Å². The smallest absolute Gasteiger partial charge is 0.462 e. The minimum atomic E-state index is -4.95. The molecule has 0 aromatic rings. The average molecular weight is 1280 g/mol. The number of ether oxygens (including phenoxy) is 4. The lowest BCUT2D eigenvalue weighted by Crippen LogP contribution is -2.30. The quantitative estimate of drug-likeness (QED) is 0.0222. The molecule has 0 amide bonds. The number of hydrogen-bond donors (Lipinski definition) is 3. The molecular weight excluding hydrogens is 1150 g/mol. The summed E-state index contributed by atoms with van der Waals surface area (Å²) in [4.78, 5) is 72.3. The molecule has 87 heavy (non-hydrogen) atoms. The number of carbonyl (C=O) groups is 4. The zero-order valence-corrected chi connectivity index (χ0v) is 57.9. The monoisotopic (exact) mass is 1280 g/mol. The van der Waals surface area contributed by atoms with Crippen LogP contribution >= 0.6 is 15.6 Å². The van der Waals surface area contributed by atoms with E-state index < -0.39 is 97.5 Å². The number of aliphatic hydroxyl groups is 1. The third-order valence-corrected chi connectivity index (χ3v) is 18.0. The van der Waals surface area contributed by atoms with Gasteiger partial charge in [-0.25, -0.2) is 9.13 Å². The van der Waals surface area contributed by atoms with Gasteiger partial charge in [-0.1, -0.05) is 298 Å². The molecule has 0 aromatic heterocycles. The number of unbranched alkanes of at least 4 members (excludes halogenated alkanes) is 39. The molecule has 0 spiro atoms. The van der Waals surface area contributed by atoms with Gasteiger partial charge in [-0.2, -0.15) is 0 Å². The number of carbonyl (C=O) groups excluding carboxylic acids is 4. The van der Waals surface area contributed by atoms with E-state index >= 15 is 0 Å². The Balaban J connectivity index is 5.19. The first-order valence-corrected chi connectivity index (χ1v) is 38.7. The minimum absolute atomic E-state index is 0.106. The van der Waals surface area contributed by atoms with Crippen molar-refractivity contribution in [3.05, 3.63) is 0 Å². The van der Waals surface area contributed by atoms with Crippen molar-refractivity contribution >= 4 is 39.5 Å². The van der Waals surface area contributed by atoms with E-state index in [0.717, 1.165) is 109 Å². The summed E-state index contributed by atoms with van der Waals surface area (Å²) in [7, 11) is -9.89. The molecule has 516 valence electrons. The van der Waals surface area contributed by atoms with Crippen LogP contribution in [0.4, 0.5) is 0 Å². The molecule has 0 heterocycles. The molecular formula is C68H132O17P2. The Morgan fingerprint density at radius 1 is 0.322 bits per heavy atom. The van der Waals surface area contributed by atoms with Crippen LogP contribution in [0.25, 0.3) is 0 Å². The van der Waals surface area contributed by atoms with Crippen LogP contribution in [0, 0.1) is 5.92 Å². The standard InChI is InChI=1S/C68H132O17P2/c1-6-10-13-16-19-21-22-23-24-25-26-27-28-34-39-44-49-54-68(73)85-64(58-79-66(71)52-47-42-37-33-30-29-32-36-40-45-50-61(5)9-4)60-83-87(76,77)81-56-62(69)55-80-86(74,75)82-59-63(57-78-65(70)51-46-41-35-18-15-12-8-3)84-67(72)53-48-43-38-31-20-17-14-11-7-2/h61-64,69H,6-60H2,1-5H3,(H,74,75)(H,76,77)/t61?,62-,63+,64+/m0/s1. The van der Waals surface area contributed by atoms with Crippen LogP contribution in [-0.2, 0) is 65.4 Å². The molecule has 6 atom stereocenters. The van der Waals surface area contributed by atoms with Crippen LogP contribution < -0.4 is 0 Å². The molecule has 0 bridgehead atoms. The molecule has 0 saturated heterocycles. The van der Waals surface area contributed by atoms with Crippen molar-refractivity contribution in [1.29, 1.82) is 0 Å². The van der Waals surface area contributed by atoms with Crippen molar-refractivity contribution in [2.24, 2.45) is 5.92 Å². The van der Waals surface area contributed by atoms with E-state index in [1.165, 1.54) is 161 Å². The van der Waals surface area contributed by atoms with Gasteiger partial charge in [-0.3, -0.25) is 37.3 Å². The van der Waals surface area contributed by atoms with Gasteiger partial charge in [0.25, 0.3) is 0 Å². The van der Waals surface area contributed by atoms with Gasteiger partial charge in [-0.15, -0.1) is 0 Å². The molecule has 0 aliphatic rings. The maximum absolute atomic E-state index is 13.0. The van der Waals surface area contributed by atoms with Gasteiger partial charge >= 0.3 is 39.5 Å². The molecule has 0 radical (unpaired) electrons. The first-order valence-electron chi connectivity index (χ1n) is 35.7. The van der Waals surface area contributed by atoms with Crippen molar-refractivity contribution < 1.29 is 80.2 Å². The average Bonchev–Trinajstić information content (AvgIpc) is 3.51. The van der Waals surface area contributed by atoms with E-state index in [1.807, 2.05) is 0 Å². The summed E-state index contributed by atoms with van der Waals surface area (Å²) in [6.45, 7) is 7.20. The van der Waals surface area contributed by atoms with Crippen LogP contribution in [0.3, 0.4) is 0 Å². The Labute approximate surface area is 530 Å². The zero-order valence-electron chi connectivity index (χ0n) is 56.2. The first kappa shape index (κ1) is 85.1. The summed E-state index contributed by atoms with van der Waals surface area (Å²) in [5.74, 6) is -1.32. The lowest BCUT2D eigenvalue weighted by Gasteiger charge is -2.21. The van der Waals surface area contributed by atoms with Gasteiger partial charge in [0, 0.05) is 25.7 Å². The third kappa shape index (κ3) is 61.3. The van der Waals surface area contributed by atoms with Gasteiger partial charge < -0.3 is 33.8 Å². The summed E-state index contributed by atoms with van der Waals surface area (Å²) in [6.07, 6.45) is 47.3.